The topological polar surface area (TPSA) is 56.3 Å². The molecule has 0 aliphatic carbocycles. The molecule has 0 amide bonds. The molecular weight excluding hydrogens is 296 g/mol. The molecule has 0 aliphatic heterocycles. The molecular formula is C20H8N4. The van der Waals surface area contributed by atoms with E-state index in [1.807, 2.05) is 48.5 Å². The molecule has 0 saturated carbocycles. The van der Waals surface area contributed by atoms with Gasteiger partial charge in [-0.1, -0.05) is 24.3 Å². The van der Waals surface area contributed by atoms with Crippen molar-refractivity contribution in [2.24, 2.45) is 0 Å². The monoisotopic (exact) mass is 304 g/mol. The van der Waals surface area contributed by atoms with E-state index in [0.29, 0.717) is 10.4 Å². The van der Waals surface area contributed by atoms with Crippen LogP contribution in [-0.4, -0.2) is 0 Å². The van der Waals surface area contributed by atoms with Crippen LogP contribution in [0.1, 0.15) is 0 Å². The fourth-order valence-electron chi connectivity index (χ4n) is 2.60. The van der Waals surface area contributed by atoms with Gasteiger partial charge in [0.25, 0.3) is 0 Å². The van der Waals surface area contributed by atoms with E-state index in [0.717, 1.165) is 21.5 Å². The van der Waals surface area contributed by atoms with Gasteiger partial charge in [0.1, 0.15) is 30.9 Å². The SMILES string of the molecule is [C-]#[N+]C([N+]#[C-])=c1ccc2cc3cc(=C(C#N)C#N)ccc3cc2c1. The van der Waals surface area contributed by atoms with Crippen molar-refractivity contribution in [2.75, 3.05) is 0 Å². The molecule has 4 nitrogen and oxygen atoms in total. The molecule has 0 atom stereocenters. The van der Waals surface area contributed by atoms with Crippen LogP contribution in [0.4, 0.5) is 0 Å². The Hall–Kier alpha value is -4.12. The Bertz CT molecular complexity index is 1150. The maximum atomic E-state index is 8.99. The van der Waals surface area contributed by atoms with Gasteiger partial charge in [0.15, 0.2) is 0 Å². The minimum atomic E-state index is 0.0506. The first-order chi connectivity index (χ1) is 11.7. The molecule has 108 valence electrons. The van der Waals surface area contributed by atoms with Gasteiger partial charge in [-0.2, -0.15) is 20.2 Å². The van der Waals surface area contributed by atoms with Crippen molar-refractivity contribution >= 4 is 32.9 Å². The number of rotatable bonds is 0. The number of fused-ring (bicyclic) bond motifs is 2. The molecule has 0 unspecified atom stereocenters. The molecule has 4 heteroatoms. The Labute approximate surface area is 138 Å². The molecule has 3 rings (SSSR count). The van der Waals surface area contributed by atoms with Crippen LogP contribution in [0.25, 0.3) is 42.6 Å². The summed E-state index contributed by atoms with van der Waals surface area (Å²) in [7, 11) is 0. The Morgan fingerprint density at radius 3 is 1.71 bits per heavy atom. The van der Waals surface area contributed by atoms with E-state index in [2.05, 4.69) is 9.69 Å². The molecule has 0 saturated heterocycles. The predicted octanol–water partition coefficient (Wildman–Crippen LogP) is 3.10. The minimum Gasteiger partial charge on any atom is -0.192 e. The average Bonchev–Trinajstić information content (AvgIpc) is 2.62. The summed E-state index contributed by atoms with van der Waals surface area (Å²) >= 11 is 0. The average molecular weight is 304 g/mol. The predicted molar refractivity (Wildman–Crippen MR) is 92.0 cm³/mol. The van der Waals surface area contributed by atoms with Crippen molar-refractivity contribution in [3.63, 3.8) is 0 Å². The highest BCUT2D eigenvalue weighted by Crippen LogP contribution is 2.21. The molecule has 0 radical (unpaired) electrons. The van der Waals surface area contributed by atoms with Crippen LogP contribution in [0.3, 0.4) is 0 Å². The first kappa shape index (κ1) is 14.8. The van der Waals surface area contributed by atoms with Crippen molar-refractivity contribution in [3.8, 4) is 12.1 Å². The summed E-state index contributed by atoms with van der Waals surface area (Å²) in [5.74, 6) is 0.0506. The Morgan fingerprint density at radius 2 is 1.21 bits per heavy atom. The third kappa shape index (κ3) is 2.42. The van der Waals surface area contributed by atoms with Gasteiger partial charge < -0.3 is 0 Å². The zero-order valence-electron chi connectivity index (χ0n) is 12.4. The third-order valence-electron chi connectivity index (χ3n) is 3.78. The second-order valence-electron chi connectivity index (χ2n) is 5.12. The smallest absolute Gasteiger partial charge is 0.192 e. The second kappa shape index (κ2) is 5.94. The molecule has 24 heavy (non-hydrogen) atoms. The maximum Gasteiger partial charge on any atom is 0.526 e. The standard InChI is InChI=1S/C20H8N4/c1-23-20(24-2)16-6-5-14-7-17-9-15(19(11-21)12-22)4-3-13(17)8-18(14)10-16/h3-10H. The van der Waals surface area contributed by atoms with E-state index in [1.54, 1.807) is 12.1 Å². The van der Waals surface area contributed by atoms with Gasteiger partial charge in [-0.15, -0.1) is 0 Å². The third-order valence-corrected chi connectivity index (χ3v) is 3.78. The highest BCUT2D eigenvalue weighted by molar-refractivity contribution is 5.98. The molecule has 0 bridgehead atoms. The Kier molecular flexibility index (Phi) is 3.66. The van der Waals surface area contributed by atoms with Gasteiger partial charge in [-0.25, -0.2) is 0 Å². The van der Waals surface area contributed by atoms with Gasteiger partial charge in [0, 0.05) is 5.22 Å². The summed E-state index contributed by atoms with van der Waals surface area (Å²) in [6, 6.07) is 18.6. The second-order valence-corrected chi connectivity index (χ2v) is 5.12. The lowest BCUT2D eigenvalue weighted by Crippen LogP contribution is -2.03. The number of nitriles is 2. The summed E-state index contributed by atoms with van der Waals surface area (Å²) in [6.45, 7) is 14.1. The quantitative estimate of drug-likeness (QED) is 0.473. The lowest BCUT2D eigenvalue weighted by Gasteiger charge is -2.02. The molecule has 0 fully saturated rings. The van der Waals surface area contributed by atoms with Gasteiger partial charge in [-0.05, 0) is 45.8 Å². The van der Waals surface area contributed by atoms with E-state index in [9.17, 15) is 0 Å². The summed E-state index contributed by atoms with van der Waals surface area (Å²) in [5.41, 5.74) is 0.0840. The number of nitrogens with zero attached hydrogens (tertiary/aromatic N) is 4. The van der Waals surface area contributed by atoms with E-state index in [4.69, 9.17) is 23.7 Å². The number of hydrogen-bond donors (Lipinski definition) is 0. The number of benzene rings is 3. The van der Waals surface area contributed by atoms with E-state index < -0.39 is 0 Å². The van der Waals surface area contributed by atoms with Crippen molar-refractivity contribution in [2.45, 2.75) is 0 Å². The first-order valence-corrected chi connectivity index (χ1v) is 6.97. The summed E-state index contributed by atoms with van der Waals surface area (Å²) in [5, 5.41) is 23.0. The highest BCUT2D eigenvalue weighted by atomic mass is 14.9. The molecule has 3 aromatic carbocycles. The molecule has 0 aromatic heterocycles. The van der Waals surface area contributed by atoms with Crippen LogP contribution in [0, 0.1) is 35.8 Å². The number of hydrogen-bond acceptors (Lipinski definition) is 2. The summed E-state index contributed by atoms with van der Waals surface area (Å²) in [6.07, 6.45) is 0. The van der Waals surface area contributed by atoms with Gasteiger partial charge >= 0.3 is 5.82 Å². The van der Waals surface area contributed by atoms with Crippen molar-refractivity contribution in [3.05, 3.63) is 81.8 Å². The summed E-state index contributed by atoms with van der Waals surface area (Å²) in [4.78, 5) is 6.49. The molecule has 0 heterocycles. The van der Waals surface area contributed by atoms with Crippen LogP contribution in [0.5, 0.6) is 0 Å². The first-order valence-electron chi connectivity index (χ1n) is 6.97. The van der Waals surface area contributed by atoms with E-state index in [-0.39, 0.29) is 11.4 Å². The lowest BCUT2D eigenvalue weighted by molar-refractivity contribution is 1.49. The van der Waals surface area contributed by atoms with Crippen LogP contribution in [0.2, 0.25) is 0 Å². The zero-order chi connectivity index (χ0) is 17.1. The fraction of sp³-hybridized carbons (Fsp3) is 0. The largest absolute Gasteiger partial charge is 0.526 e. The molecule has 3 aromatic rings. The lowest BCUT2D eigenvalue weighted by atomic mass is 10.0. The fourth-order valence-corrected chi connectivity index (χ4v) is 2.60. The normalized spacial score (nSPS) is 9.50. The van der Waals surface area contributed by atoms with E-state index in [1.165, 1.54) is 0 Å². The molecule has 0 spiro atoms. The van der Waals surface area contributed by atoms with Crippen molar-refractivity contribution < 1.29 is 0 Å². The highest BCUT2D eigenvalue weighted by Gasteiger charge is 2.06. The van der Waals surface area contributed by atoms with Crippen molar-refractivity contribution in [1.29, 1.82) is 10.5 Å². The minimum absolute atomic E-state index is 0.0506. The van der Waals surface area contributed by atoms with Gasteiger partial charge in [-0.3, -0.25) is 0 Å². The Balaban J connectivity index is 2.37. The van der Waals surface area contributed by atoms with Crippen LogP contribution in [0.15, 0.2) is 48.5 Å². The van der Waals surface area contributed by atoms with Gasteiger partial charge in [0.05, 0.1) is 5.22 Å². The molecule has 0 N–H and O–H groups in total. The zero-order valence-corrected chi connectivity index (χ0v) is 12.4. The van der Waals surface area contributed by atoms with Crippen LogP contribution in [-0.2, 0) is 0 Å². The Morgan fingerprint density at radius 1 is 0.708 bits per heavy atom. The van der Waals surface area contributed by atoms with Crippen LogP contribution < -0.4 is 10.4 Å². The van der Waals surface area contributed by atoms with Crippen LogP contribution >= 0.6 is 0 Å². The van der Waals surface area contributed by atoms with E-state index >= 15 is 0 Å². The van der Waals surface area contributed by atoms with Crippen molar-refractivity contribution in [1.82, 2.24) is 0 Å². The molecule has 0 aliphatic rings. The summed E-state index contributed by atoms with van der Waals surface area (Å²) < 4.78 is 0. The maximum absolute atomic E-state index is 8.99. The van der Waals surface area contributed by atoms with Gasteiger partial charge in [0.2, 0.25) is 0 Å².